The van der Waals surface area contributed by atoms with E-state index < -0.39 is 5.82 Å². The molecule has 1 amide bonds. The van der Waals surface area contributed by atoms with Gasteiger partial charge in [0.1, 0.15) is 11.9 Å². The molecule has 2 aliphatic rings. The Kier molecular flexibility index (Phi) is 5.12. The molecule has 0 unspecified atom stereocenters. The molecular weight excluding hydrogens is 307 g/mol. The number of hydrogen-bond donors (Lipinski definition) is 1. The second kappa shape index (κ2) is 7.29. The van der Waals surface area contributed by atoms with Crippen LogP contribution in [0.4, 0.5) is 4.39 Å². The standard InChI is InChI=1S/C18H23FN4O/c19-16-4-3-13(10-14(16)11-20)12-22-8-5-15(6-9-22)23-7-1-2-17(23)18(21)24/h3-4,10,15,17H,1-2,5-9,12H2,(H2,21,24)/t17-/m1/s1. The average molecular weight is 330 g/mol. The van der Waals surface area contributed by atoms with E-state index in [-0.39, 0.29) is 17.5 Å². The highest BCUT2D eigenvalue weighted by molar-refractivity contribution is 5.80. The topological polar surface area (TPSA) is 73.4 Å². The van der Waals surface area contributed by atoms with E-state index in [9.17, 15) is 9.18 Å². The Hall–Kier alpha value is -1.97. The van der Waals surface area contributed by atoms with Gasteiger partial charge in [0.15, 0.2) is 0 Å². The molecule has 128 valence electrons. The van der Waals surface area contributed by atoms with Crippen LogP contribution in [-0.2, 0) is 11.3 Å². The molecule has 1 aromatic carbocycles. The van der Waals surface area contributed by atoms with E-state index in [4.69, 9.17) is 11.0 Å². The number of nitrogens with two attached hydrogens (primary N) is 1. The number of benzene rings is 1. The SMILES string of the molecule is N#Cc1cc(CN2CCC(N3CCC[C@@H]3C(N)=O)CC2)ccc1F. The van der Waals surface area contributed by atoms with Crippen molar-refractivity contribution in [3.05, 3.63) is 35.1 Å². The van der Waals surface area contributed by atoms with Gasteiger partial charge in [0.2, 0.25) is 5.91 Å². The molecule has 0 spiro atoms. The van der Waals surface area contributed by atoms with E-state index in [2.05, 4.69) is 9.80 Å². The third kappa shape index (κ3) is 3.58. The van der Waals surface area contributed by atoms with E-state index in [1.165, 1.54) is 6.07 Å². The molecule has 1 aromatic rings. The molecule has 24 heavy (non-hydrogen) atoms. The van der Waals surface area contributed by atoms with Crippen LogP contribution >= 0.6 is 0 Å². The van der Waals surface area contributed by atoms with E-state index in [1.54, 1.807) is 12.1 Å². The van der Waals surface area contributed by atoms with Crippen LogP contribution in [0.3, 0.4) is 0 Å². The van der Waals surface area contributed by atoms with E-state index in [0.29, 0.717) is 6.04 Å². The summed E-state index contributed by atoms with van der Waals surface area (Å²) < 4.78 is 13.4. The molecule has 0 radical (unpaired) electrons. The number of carbonyl (C=O) groups is 1. The number of likely N-dealkylation sites (tertiary alicyclic amines) is 2. The summed E-state index contributed by atoms with van der Waals surface area (Å²) in [6, 6.07) is 6.94. The Labute approximate surface area is 141 Å². The van der Waals surface area contributed by atoms with Gasteiger partial charge in [-0.15, -0.1) is 0 Å². The van der Waals surface area contributed by atoms with Crippen molar-refractivity contribution < 1.29 is 9.18 Å². The Balaban J connectivity index is 1.56. The zero-order valence-electron chi connectivity index (χ0n) is 13.7. The lowest BCUT2D eigenvalue weighted by molar-refractivity contribution is -0.123. The first kappa shape index (κ1) is 16.9. The van der Waals surface area contributed by atoms with Crippen LogP contribution in [0.5, 0.6) is 0 Å². The zero-order chi connectivity index (χ0) is 17.1. The molecular formula is C18H23FN4O. The van der Waals surface area contributed by atoms with Gasteiger partial charge in [-0.1, -0.05) is 6.07 Å². The van der Waals surface area contributed by atoms with Crippen LogP contribution in [0, 0.1) is 17.1 Å². The smallest absolute Gasteiger partial charge is 0.234 e. The summed E-state index contributed by atoms with van der Waals surface area (Å²) in [5.41, 5.74) is 6.58. The van der Waals surface area contributed by atoms with Crippen molar-refractivity contribution >= 4 is 5.91 Å². The third-order valence-corrected chi connectivity index (χ3v) is 5.21. The van der Waals surface area contributed by atoms with E-state index >= 15 is 0 Å². The molecule has 2 heterocycles. The number of carbonyl (C=O) groups excluding carboxylic acids is 1. The van der Waals surface area contributed by atoms with Crippen molar-refractivity contribution in [1.29, 1.82) is 5.26 Å². The summed E-state index contributed by atoms with van der Waals surface area (Å²) >= 11 is 0. The number of primary amides is 1. The normalized spacial score (nSPS) is 23.2. The first-order chi connectivity index (χ1) is 11.6. The number of halogens is 1. The minimum atomic E-state index is -0.466. The maximum Gasteiger partial charge on any atom is 0.234 e. The second-order valence-corrected chi connectivity index (χ2v) is 6.73. The first-order valence-corrected chi connectivity index (χ1v) is 8.54. The zero-order valence-corrected chi connectivity index (χ0v) is 13.7. The molecule has 3 rings (SSSR count). The number of hydrogen-bond acceptors (Lipinski definition) is 4. The summed E-state index contributed by atoms with van der Waals surface area (Å²) in [6.07, 6.45) is 3.94. The second-order valence-electron chi connectivity index (χ2n) is 6.73. The minimum absolute atomic E-state index is 0.100. The van der Waals surface area contributed by atoms with Crippen molar-refractivity contribution in [2.75, 3.05) is 19.6 Å². The van der Waals surface area contributed by atoms with Crippen molar-refractivity contribution in [3.8, 4) is 6.07 Å². The lowest BCUT2D eigenvalue weighted by Gasteiger charge is -2.38. The molecule has 2 saturated heterocycles. The van der Waals surface area contributed by atoms with Gasteiger partial charge in [-0.05, 0) is 63.0 Å². The van der Waals surface area contributed by atoms with Crippen molar-refractivity contribution in [2.24, 2.45) is 5.73 Å². The van der Waals surface area contributed by atoms with E-state index in [1.807, 2.05) is 6.07 Å². The fourth-order valence-corrected chi connectivity index (χ4v) is 3.96. The predicted octanol–water partition coefficient (Wildman–Crippen LogP) is 1.61. The van der Waals surface area contributed by atoms with Gasteiger partial charge in [-0.2, -0.15) is 5.26 Å². The van der Waals surface area contributed by atoms with Crippen LogP contribution in [0.15, 0.2) is 18.2 Å². The Morgan fingerprint density at radius 1 is 1.29 bits per heavy atom. The largest absolute Gasteiger partial charge is 0.368 e. The van der Waals surface area contributed by atoms with Crippen LogP contribution in [0.25, 0.3) is 0 Å². The molecule has 0 aromatic heterocycles. The fourth-order valence-electron chi connectivity index (χ4n) is 3.96. The number of rotatable bonds is 4. The summed E-state index contributed by atoms with van der Waals surface area (Å²) in [6.45, 7) is 3.56. The van der Waals surface area contributed by atoms with Gasteiger partial charge in [-0.25, -0.2) is 4.39 Å². The monoisotopic (exact) mass is 330 g/mol. The number of amides is 1. The Bertz CT molecular complexity index is 649. The molecule has 2 fully saturated rings. The van der Waals surface area contributed by atoms with Crippen molar-refractivity contribution in [2.45, 2.75) is 44.3 Å². The molecule has 0 saturated carbocycles. The number of nitriles is 1. The van der Waals surface area contributed by atoms with Crippen molar-refractivity contribution in [1.82, 2.24) is 9.80 Å². The van der Waals surface area contributed by atoms with Gasteiger partial charge in [0.05, 0.1) is 11.6 Å². The highest BCUT2D eigenvalue weighted by atomic mass is 19.1. The van der Waals surface area contributed by atoms with Crippen LogP contribution < -0.4 is 5.73 Å². The van der Waals surface area contributed by atoms with Gasteiger partial charge in [0, 0.05) is 12.6 Å². The minimum Gasteiger partial charge on any atom is -0.368 e. The number of piperidine rings is 1. The third-order valence-electron chi connectivity index (χ3n) is 5.21. The van der Waals surface area contributed by atoms with Crippen LogP contribution in [0.2, 0.25) is 0 Å². The Morgan fingerprint density at radius 3 is 2.71 bits per heavy atom. The molecule has 0 bridgehead atoms. The summed E-state index contributed by atoms with van der Waals surface area (Å²) in [5, 5.41) is 8.93. The quantitative estimate of drug-likeness (QED) is 0.910. The molecule has 1 atom stereocenters. The summed E-state index contributed by atoms with van der Waals surface area (Å²) in [7, 11) is 0. The maximum atomic E-state index is 13.4. The molecule has 6 heteroatoms. The molecule has 0 aliphatic carbocycles. The van der Waals surface area contributed by atoms with Gasteiger partial charge in [0.25, 0.3) is 0 Å². The number of nitrogens with zero attached hydrogens (tertiary/aromatic N) is 3. The van der Waals surface area contributed by atoms with Gasteiger partial charge in [-0.3, -0.25) is 14.6 Å². The Morgan fingerprint density at radius 2 is 2.04 bits per heavy atom. The van der Waals surface area contributed by atoms with Gasteiger partial charge < -0.3 is 5.73 Å². The van der Waals surface area contributed by atoms with Crippen molar-refractivity contribution in [3.63, 3.8) is 0 Å². The maximum absolute atomic E-state index is 13.4. The van der Waals surface area contributed by atoms with Gasteiger partial charge >= 0.3 is 0 Å². The molecule has 5 nitrogen and oxygen atoms in total. The first-order valence-electron chi connectivity index (χ1n) is 8.54. The summed E-state index contributed by atoms with van der Waals surface area (Å²) in [5.74, 6) is -0.670. The fraction of sp³-hybridized carbons (Fsp3) is 0.556. The summed E-state index contributed by atoms with van der Waals surface area (Å²) in [4.78, 5) is 16.2. The van der Waals surface area contributed by atoms with Crippen LogP contribution in [-0.4, -0.2) is 47.4 Å². The lowest BCUT2D eigenvalue weighted by Crippen LogP contribution is -2.50. The average Bonchev–Trinajstić information content (AvgIpc) is 3.07. The molecule has 2 N–H and O–H groups in total. The highest BCUT2D eigenvalue weighted by Crippen LogP contribution is 2.26. The van der Waals surface area contributed by atoms with E-state index in [0.717, 1.165) is 57.4 Å². The van der Waals surface area contributed by atoms with Crippen LogP contribution in [0.1, 0.15) is 36.8 Å². The predicted molar refractivity (Wildman–Crippen MR) is 88.3 cm³/mol. The highest BCUT2D eigenvalue weighted by Gasteiger charge is 2.35. The molecule has 2 aliphatic heterocycles. The lowest BCUT2D eigenvalue weighted by atomic mass is 10.0.